The maximum atomic E-state index is 12.1. The number of hydrogen-bond acceptors (Lipinski definition) is 7. The van der Waals surface area contributed by atoms with Gasteiger partial charge in [-0.25, -0.2) is 9.48 Å². The van der Waals surface area contributed by atoms with Gasteiger partial charge in [-0.2, -0.15) is 5.10 Å². The molecule has 9 heteroatoms. The minimum absolute atomic E-state index is 0.0270. The fourth-order valence-electron chi connectivity index (χ4n) is 2.86. The number of hydrogen-bond donors (Lipinski definition) is 2. The molecule has 0 amide bonds. The van der Waals surface area contributed by atoms with Gasteiger partial charge in [0.05, 0.1) is 24.6 Å². The minimum atomic E-state index is -0.853. The molecule has 0 aliphatic heterocycles. The summed E-state index contributed by atoms with van der Waals surface area (Å²) in [6.07, 6.45) is 2.99. The second-order valence-corrected chi connectivity index (χ2v) is 7.19. The van der Waals surface area contributed by atoms with Gasteiger partial charge in [0.15, 0.2) is 0 Å². The van der Waals surface area contributed by atoms with E-state index in [0.717, 1.165) is 24.8 Å². The van der Waals surface area contributed by atoms with Crippen LogP contribution in [-0.4, -0.2) is 47.2 Å². The van der Waals surface area contributed by atoms with Crippen LogP contribution in [0, 0.1) is 0 Å². The number of methoxy groups -OCH3 is 1. The van der Waals surface area contributed by atoms with Crippen molar-refractivity contribution in [3.05, 3.63) is 50.9 Å². The van der Waals surface area contributed by atoms with Gasteiger partial charge in [-0.1, -0.05) is 31.9 Å². The zero-order chi connectivity index (χ0) is 22.1. The predicted molar refractivity (Wildman–Crippen MR) is 116 cm³/mol. The Balaban J connectivity index is 1.98. The largest absolute Gasteiger partial charge is 0.491 e. The molecular formula is C21H28ClN3O5. The Morgan fingerprint density at radius 1 is 1.33 bits per heavy atom. The summed E-state index contributed by atoms with van der Waals surface area (Å²) in [7, 11) is 1.34. The molecule has 1 unspecified atom stereocenters. The molecule has 0 saturated heterocycles. The van der Waals surface area contributed by atoms with Crippen LogP contribution >= 0.6 is 11.6 Å². The van der Waals surface area contributed by atoms with Crippen molar-refractivity contribution in [2.75, 3.05) is 25.6 Å². The Kier molecular flexibility index (Phi) is 9.14. The van der Waals surface area contributed by atoms with Crippen molar-refractivity contribution in [2.45, 2.75) is 45.8 Å². The van der Waals surface area contributed by atoms with Gasteiger partial charge < -0.3 is 19.9 Å². The van der Waals surface area contributed by atoms with Gasteiger partial charge in [0.1, 0.15) is 23.5 Å². The molecule has 1 aromatic heterocycles. The molecule has 2 aromatic rings. The first kappa shape index (κ1) is 23.7. The summed E-state index contributed by atoms with van der Waals surface area (Å²) in [5, 5.41) is 17.3. The Hall–Kier alpha value is -2.58. The smallest absolute Gasteiger partial charge is 0.337 e. The molecule has 0 radical (unpaired) electrons. The van der Waals surface area contributed by atoms with Crippen LogP contribution in [0.15, 0.2) is 29.2 Å². The van der Waals surface area contributed by atoms with E-state index in [-0.39, 0.29) is 23.7 Å². The number of aromatic nitrogens is 2. The van der Waals surface area contributed by atoms with Crippen LogP contribution in [0.4, 0.5) is 5.69 Å². The van der Waals surface area contributed by atoms with E-state index in [1.54, 1.807) is 18.2 Å². The molecule has 0 spiro atoms. The molecule has 2 rings (SSSR count). The quantitative estimate of drug-likeness (QED) is 0.521. The number of anilines is 1. The molecular weight excluding hydrogens is 410 g/mol. The molecule has 0 bridgehead atoms. The van der Waals surface area contributed by atoms with E-state index in [1.165, 1.54) is 18.0 Å². The summed E-state index contributed by atoms with van der Waals surface area (Å²) in [5.41, 5.74) is 1.31. The van der Waals surface area contributed by atoms with Crippen LogP contribution in [-0.2, 0) is 17.7 Å². The van der Waals surface area contributed by atoms with Crippen molar-refractivity contribution in [3.8, 4) is 5.75 Å². The molecule has 0 aliphatic carbocycles. The molecule has 0 saturated carbocycles. The lowest BCUT2D eigenvalue weighted by molar-refractivity contribution is 0.0600. The van der Waals surface area contributed by atoms with Gasteiger partial charge in [0.2, 0.25) is 0 Å². The Bertz CT molecular complexity index is 916. The molecule has 0 fully saturated rings. The van der Waals surface area contributed by atoms with Gasteiger partial charge in [-0.3, -0.25) is 4.79 Å². The van der Waals surface area contributed by atoms with Crippen molar-refractivity contribution in [2.24, 2.45) is 0 Å². The van der Waals surface area contributed by atoms with Crippen molar-refractivity contribution >= 4 is 23.3 Å². The fraction of sp³-hybridized carbons (Fsp3) is 0.476. The van der Waals surface area contributed by atoms with Crippen LogP contribution in [0.25, 0.3) is 0 Å². The molecule has 164 valence electrons. The minimum Gasteiger partial charge on any atom is -0.491 e. The summed E-state index contributed by atoms with van der Waals surface area (Å²) in [5.74, 6) is 0.194. The van der Waals surface area contributed by atoms with Crippen LogP contribution in [0.2, 0.25) is 5.02 Å². The number of esters is 1. The van der Waals surface area contributed by atoms with Gasteiger partial charge in [-0.05, 0) is 36.6 Å². The number of rotatable bonds is 11. The monoisotopic (exact) mass is 437 g/mol. The molecule has 30 heavy (non-hydrogen) atoms. The number of aliphatic hydroxyl groups excluding tert-OH is 1. The third kappa shape index (κ3) is 6.21. The highest BCUT2D eigenvalue weighted by atomic mass is 35.5. The number of carbonyl (C=O) groups excluding carboxylic acids is 1. The Labute approximate surface area is 180 Å². The third-order valence-corrected chi connectivity index (χ3v) is 4.75. The summed E-state index contributed by atoms with van der Waals surface area (Å²) < 4.78 is 11.8. The highest BCUT2D eigenvalue weighted by Crippen LogP contribution is 2.23. The van der Waals surface area contributed by atoms with Crippen LogP contribution in [0.3, 0.4) is 0 Å². The average Bonchev–Trinajstić information content (AvgIpc) is 2.75. The Morgan fingerprint density at radius 2 is 2.10 bits per heavy atom. The number of aliphatic hydroxyl groups is 1. The fourth-order valence-corrected chi connectivity index (χ4v) is 3.08. The molecule has 8 nitrogen and oxygen atoms in total. The van der Waals surface area contributed by atoms with E-state index in [0.29, 0.717) is 23.5 Å². The lowest BCUT2D eigenvalue weighted by Crippen LogP contribution is -2.29. The highest BCUT2D eigenvalue weighted by Gasteiger charge is 2.14. The normalized spacial score (nSPS) is 11.8. The van der Waals surface area contributed by atoms with E-state index in [2.05, 4.69) is 10.4 Å². The van der Waals surface area contributed by atoms with Gasteiger partial charge in [-0.15, -0.1) is 0 Å². The zero-order valence-electron chi connectivity index (χ0n) is 17.5. The lowest BCUT2D eigenvalue weighted by Gasteiger charge is -2.17. The summed E-state index contributed by atoms with van der Waals surface area (Å²) in [6, 6.07) is 5.07. The number of carbonyl (C=O) groups is 1. The number of halogens is 1. The number of aryl methyl sites for hydroxylation is 2. The van der Waals surface area contributed by atoms with Crippen LogP contribution in [0.5, 0.6) is 5.75 Å². The van der Waals surface area contributed by atoms with Gasteiger partial charge in [0.25, 0.3) is 5.56 Å². The second kappa shape index (κ2) is 11.6. The van der Waals surface area contributed by atoms with E-state index in [9.17, 15) is 14.7 Å². The molecule has 1 heterocycles. The number of benzene rings is 1. The van der Waals surface area contributed by atoms with Gasteiger partial charge in [0, 0.05) is 13.1 Å². The molecule has 1 atom stereocenters. The first-order valence-corrected chi connectivity index (χ1v) is 10.3. The average molecular weight is 438 g/mol. The van der Waals surface area contributed by atoms with Gasteiger partial charge >= 0.3 is 5.97 Å². The van der Waals surface area contributed by atoms with E-state index >= 15 is 0 Å². The number of nitrogens with one attached hydrogen (secondary N) is 1. The zero-order valence-corrected chi connectivity index (χ0v) is 18.2. The predicted octanol–water partition coefficient (Wildman–Crippen LogP) is 2.90. The summed E-state index contributed by atoms with van der Waals surface area (Å²) in [4.78, 5) is 23.9. The first-order valence-electron chi connectivity index (χ1n) is 9.92. The highest BCUT2D eigenvalue weighted by molar-refractivity contribution is 6.32. The Morgan fingerprint density at radius 3 is 2.77 bits per heavy atom. The summed E-state index contributed by atoms with van der Waals surface area (Å²) in [6.45, 7) is 4.62. The number of ether oxygens (including phenoxy) is 2. The van der Waals surface area contributed by atoms with Crippen LogP contribution in [0.1, 0.15) is 42.6 Å². The molecule has 2 N–H and O–H groups in total. The molecule has 1 aromatic carbocycles. The number of nitrogens with zero attached hydrogens (tertiary/aromatic N) is 2. The SMILES string of the molecule is CCCc1cc(C(=O)OC)ccc1OCC(O)CNc1cnn(CCC)c(=O)c1Cl. The topological polar surface area (TPSA) is 103 Å². The first-order chi connectivity index (χ1) is 14.4. The van der Waals surface area contributed by atoms with Crippen molar-refractivity contribution < 1.29 is 19.4 Å². The van der Waals surface area contributed by atoms with E-state index < -0.39 is 12.1 Å². The van der Waals surface area contributed by atoms with Crippen molar-refractivity contribution in [1.82, 2.24) is 9.78 Å². The lowest BCUT2D eigenvalue weighted by atomic mass is 10.1. The second-order valence-electron chi connectivity index (χ2n) is 6.81. The van der Waals surface area contributed by atoms with Crippen LogP contribution < -0.4 is 15.6 Å². The maximum Gasteiger partial charge on any atom is 0.337 e. The maximum absolute atomic E-state index is 12.1. The molecule has 0 aliphatic rings. The van der Waals surface area contributed by atoms with Crippen molar-refractivity contribution in [1.29, 1.82) is 0 Å². The summed E-state index contributed by atoms with van der Waals surface area (Å²) >= 11 is 6.11. The third-order valence-electron chi connectivity index (χ3n) is 4.38. The van der Waals surface area contributed by atoms with Crippen molar-refractivity contribution in [3.63, 3.8) is 0 Å². The van der Waals surface area contributed by atoms with E-state index in [4.69, 9.17) is 21.1 Å². The standard InChI is InChI=1S/C21H28ClN3O5/c1-4-6-14-10-15(21(28)29-3)7-8-18(14)30-13-16(26)11-23-17-12-24-25(9-5-2)20(27)19(17)22/h7-8,10,12,16,23,26H,4-6,9,11,13H2,1-3H3. The van der Waals surface area contributed by atoms with E-state index in [1.807, 2.05) is 13.8 Å².